The summed E-state index contributed by atoms with van der Waals surface area (Å²) in [5.74, 6) is -5.54. The molecular weight excluding hydrogens is 249 g/mol. The monoisotopic (exact) mass is 259 g/mol. The lowest BCUT2D eigenvalue weighted by molar-refractivity contribution is -0.342. The Morgan fingerprint density at radius 3 is 2.12 bits per heavy atom. The van der Waals surface area contributed by atoms with Gasteiger partial charge in [-0.1, -0.05) is 12.7 Å². The number of nitrogens with zero attached hydrogens (tertiary/aromatic N) is 1. The minimum Gasteiger partial charge on any atom is -0.376 e. The third-order valence-electron chi connectivity index (χ3n) is 2.02. The van der Waals surface area contributed by atoms with Crippen LogP contribution < -0.4 is 0 Å². The number of nitriles is 1. The molecule has 8 heteroatoms. The van der Waals surface area contributed by atoms with Crippen LogP contribution in [0.25, 0.3) is 0 Å². The van der Waals surface area contributed by atoms with Crippen LogP contribution in [0.4, 0.5) is 22.0 Å². The molecule has 0 spiro atoms. The molecule has 0 rings (SSSR count). The molecule has 2 unspecified atom stereocenters. The molecule has 0 fully saturated rings. The fraction of sp³-hybridized carbons (Fsp3) is 0.667. The van der Waals surface area contributed by atoms with Gasteiger partial charge >= 0.3 is 12.1 Å². The van der Waals surface area contributed by atoms with E-state index in [4.69, 9.17) is 5.26 Å². The van der Waals surface area contributed by atoms with E-state index < -0.39 is 23.8 Å². The second kappa shape index (κ2) is 4.98. The van der Waals surface area contributed by atoms with Gasteiger partial charge in [0.05, 0.1) is 6.07 Å². The molecule has 0 aliphatic heterocycles. The number of aliphatic hydroxyl groups is 1. The van der Waals surface area contributed by atoms with Crippen LogP contribution in [-0.4, -0.2) is 35.5 Å². The van der Waals surface area contributed by atoms with Gasteiger partial charge in [0.2, 0.25) is 0 Å². The summed E-state index contributed by atoms with van der Waals surface area (Å²) in [6.45, 7) is 3.66. The Labute approximate surface area is 94.1 Å². The summed E-state index contributed by atoms with van der Waals surface area (Å²) in [4.78, 5) is 0. The standard InChI is InChI=1S/C9H10F5NO2/c1-3-7(16,6(5-15)17-4-2)8(10,11)9(12,13)14/h3,6,16H,1,4H2,2H3. The molecule has 0 amide bonds. The van der Waals surface area contributed by atoms with Crippen molar-refractivity contribution in [1.82, 2.24) is 0 Å². The maximum atomic E-state index is 13.1. The molecule has 0 bridgehead atoms. The highest BCUT2D eigenvalue weighted by Gasteiger charge is 2.71. The molecular formula is C9H10F5NO2. The summed E-state index contributed by atoms with van der Waals surface area (Å²) in [5.41, 5.74) is -3.84. The van der Waals surface area contributed by atoms with E-state index in [9.17, 15) is 27.1 Å². The summed E-state index contributed by atoms with van der Waals surface area (Å²) in [5, 5.41) is 17.8. The van der Waals surface area contributed by atoms with Gasteiger partial charge in [0.1, 0.15) is 0 Å². The van der Waals surface area contributed by atoms with Crippen LogP contribution in [0.15, 0.2) is 12.7 Å². The summed E-state index contributed by atoms with van der Waals surface area (Å²) >= 11 is 0. The Bertz CT molecular complexity index is 322. The third kappa shape index (κ3) is 2.56. The molecule has 0 saturated heterocycles. The molecule has 0 aromatic rings. The van der Waals surface area contributed by atoms with Crippen LogP contribution >= 0.6 is 0 Å². The first-order valence-electron chi connectivity index (χ1n) is 4.40. The zero-order valence-electron chi connectivity index (χ0n) is 8.76. The van der Waals surface area contributed by atoms with Crippen molar-refractivity contribution in [1.29, 1.82) is 5.26 Å². The lowest BCUT2D eigenvalue weighted by Crippen LogP contribution is -2.62. The van der Waals surface area contributed by atoms with Crippen LogP contribution in [0.1, 0.15) is 6.92 Å². The molecule has 0 saturated carbocycles. The van der Waals surface area contributed by atoms with Crippen molar-refractivity contribution in [3.63, 3.8) is 0 Å². The molecule has 3 nitrogen and oxygen atoms in total. The molecule has 0 aromatic heterocycles. The second-order valence-corrected chi connectivity index (χ2v) is 3.07. The lowest BCUT2D eigenvalue weighted by atomic mass is 9.89. The van der Waals surface area contributed by atoms with E-state index in [0.717, 1.165) is 6.07 Å². The molecule has 0 aliphatic rings. The van der Waals surface area contributed by atoms with Gasteiger partial charge in [-0.15, -0.1) is 0 Å². The number of hydrogen-bond acceptors (Lipinski definition) is 3. The van der Waals surface area contributed by atoms with Crippen molar-refractivity contribution in [2.24, 2.45) is 0 Å². The Balaban J connectivity index is 5.57. The number of rotatable bonds is 5. The Hall–Kier alpha value is -1.20. The summed E-state index contributed by atoms with van der Waals surface area (Å²) in [6, 6.07) is 1.05. The van der Waals surface area contributed by atoms with Crippen molar-refractivity contribution in [2.75, 3.05) is 6.61 Å². The average molecular weight is 259 g/mol. The molecule has 2 atom stereocenters. The Morgan fingerprint density at radius 1 is 1.41 bits per heavy atom. The van der Waals surface area contributed by atoms with E-state index in [1.54, 1.807) is 0 Å². The van der Waals surface area contributed by atoms with Crippen molar-refractivity contribution >= 4 is 0 Å². The maximum Gasteiger partial charge on any atom is 0.456 e. The SMILES string of the molecule is C=CC(O)(C(C#N)OCC)C(F)(F)C(F)(F)F. The first-order chi connectivity index (χ1) is 7.58. The zero-order valence-corrected chi connectivity index (χ0v) is 8.76. The topological polar surface area (TPSA) is 53.2 Å². The number of hydrogen-bond donors (Lipinski definition) is 1. The molecule has 0 aromatic carbocycles. The molecule has 17 heavy (non-hydrogen) atoms. The minimum atomic E-state index is -6.03. The van der Waals surface area contributed by atoms with E-state index in [2.05, 4.69) is 11.3 Å². The second-order valence-electron chi connectivity index (χ2n) is 3.07. The van der Waals surface area contributed by atoms with Crippen molar-refractivity contribution in [3.05, 3.63) is 12.7 Å². The normalized spacial score (nSPS) is 18.0. The fourth-order valence-electron chi connectivity index (χ4n) is 1.06. The first-order valence-corrected chi connectivity index (χ1v) is 4.40. The molecule has 1 N–H and O–H groups in total. The highest BCUT2D eigenvalue weighted by molar-refractivity contribution is 5.18. The number of halogens is 5. The van der Waals surface area contributed by atoms with E-state index in [0.29, 0.717) is 0 Å². The van der Waals surface area contributed by atoms with E-state index in [1.807, 2.05) is 0 Å². The molecule has 98 valence electrons. The van der Waals surface area contributed by atoms with Crippen LogP contribution in [-0.2, 0) is 4.74 Å². The summed E-state index contributed by atoms with van der Waals surface area (Å²) in [7, 11) is 0. The fourth-order valence-corrected chi connectivity index (χ4v) is 1.06. The van der Waals surface area contributed by atoms with E-state index >= 15 is 0 Å². The van der Waals surface area contributed by atoms with Gasteiger partial charge in [0.25, 0.3) is 0 Å². The molecule has 0 radical (unpaired) electrons. The molecule has 0 heterocycles. The van der Waals surface area contributed by atoms with Gasteiger partial charge in [-0.2, -0.15) is 27.2 Å². The van der Waals surface area contributed by atoms with Crippen LogP contribution in [0.3, 0.4) is 0 Å². The van der Waals surface area contributed by atoms with Crippen molar-refractivity contribution in [2.45, 2.75) is 30.7 Å². The van der Waals surface area contributed by atoms with Gasteiger partial charge in [0, 0.05) is 6.61 Å². The van der Waals surface area contributed by atoms with Gasteiger partial charge in [-0.3, -0.25) is 0 Å². The molecule has 0 aliphatic carbocycles. The largest absolute Gasteiger partial charge is 0.456 e. The zero-order chi connectivity index (χ0) is 13.9. The Kier molecular flexibility index (Phi) is 4.62. The predicted octanol–water partition coefficient (Wildman–Crippen LogP) is 2.03. The van der Waals surface area contributed by atoms with Gasteiger partial charge in [0.15, 0.2) is 11.7 Å². The van der Waals surface area contributed by atoms with Crippen LogP contribution in [0.5, 0.6) is 0 Å². The van der Waals surface area contributed by atoms with Gasteiger partial charge in [-0.25, -0.2) is 0 Å². The smallest absolute Gasteiger partial charge is 0.376 e. The number of alkyl halides is 5. The first kappa shape index (κ1) is 15.8. The minimum absolute atomic E-state index is 0.0377. The third-order valence-corrected chi connectivity index (χ3v) is 2.02. The lowest BCUT2D eigenvalue weighted by Gasteiger charge is -2.36. The van der Waals surface area contributed by atoms with Crippen LogP contribution in [0.2, 0.25) is 0 Å². The van der Waals surface area contributed by atoms with E-state index in [1.165, 1.54) is 6.92 Å². The van der Waals surface area contributed by atoms with Crippen molar-refractivity contribution < 1.29 is 31.8 Å². The van der Waals surface area contributed by atoms with E-state index in [-0.39, 0.29) is 12.7 Å². The highest BCUT2D eigenvalue weighted by Crippen LogP contribution is 2.46. The highest BCUT2D eigenvalue weighted by atomic mass is 19.4. The maximum absolute atomic E-state index is 13.1. The predicted molar refractivity (Wildman–Crippen MR) is 47.2 cm³/mol. The number of ether oxygens (including phenoxy) is 1. The Morgan fingerprint density at radius 2 is 1.88 bits per heavy atom. The average Bonchev–Trinajstić information content (AvgIpc) is 2.22. The van der Waals surface area contributed by atoms with Crippen molar-refractivity contribution in [3.8, 4) is 6.07 Å². The quantitative estimate of drug-likeness (QED) is 0.607. The van der Waals surface area contributed by atoms with Crippen LogP contribution in [0, 0.1) is 11.3 Å². The van der Waals surface area contributed by atoms with Gasteiger partial charge < -0.3 is 9.84 Å². The van der Waals surface area contributed by atoms with Gasteiger partial charge in [-0.05, 0) is 6.92 Å². The summed E-state index contributed by atoms with van der Waals surface area (Å²) < 4.78 is 66.9. The summed E-state index contributed by atoms with van der Waals surface area (Å²) in [6.07, 6.45) is -8.44.